The van der Waals surface area contributed by atoms with Crippen molar-refractivity contribution in [1.29, 1.82) is 0 Å². The van der Waals surface area contributed by atoms with Crippen LogP contribution in [-0.2, 0) is 0 Å². The second-order valence-electron chi connectivity index (χ2n) is 3.45. The average molecular weight is 180 g/mol. The van der Waals surface area contributed by atoms with E-state index in [0.29, 0.717) is 0 Å². The van der Waals surface area contributed by atoms with Crippen LogP contribution in [0.2, 0.25) is 0 Å². The highest BCUT2D eigenvalue weighted by molar-refractivity contribution is 5.37. The molecule has 0 bridgehead atoms. The number of aryl methyl sites for hydroxylation is 1. The number of nitrogens with two attached hydrogens (primary N) is 1. The maximum atomic E-state index is 5.68. The Balaban J connectivity index is 2.71. The highest BCUT2D eigenvalue weighted by Gasteiger charge is 2.04. The number of rotatable bonds is 3. The fraction of sp³-hybridized carbons (Fsp3) is 0.556. The van der Waals surface area contributed by atoms with Crippen LogP contribution in [0.15, 0.2) is 12.3 Å². The number of anilines is 1. The summed E-state index contributed by atoms with van der Waals surface area (Å²) in [5.41, 5.74) is 6.79. The highest BCUT2D eigenvalue weighted by atomic mass is 15.2. The first-order chi connectivity index (χ1) is 6.09. The molecule has 1 aromatic heterocycles. The maximum Gasteiger partial charge on any atom is 0.151 e. The van der Waals surface area contributed by atoms with Crippen molar-refractivity contribution in [3.05, 3.63) is 17.8 Å². The minimum Gasteiger partial charge on any atom is -0.357 e. The molecule has 1 aromatic rings. The van der Waals surface area contributed by atoms with E-state index < -0.39 is 0 Å². The lowest BCUT2D eigenvalue weighted by atomic mass is 10.3. The predicted molar refractivity (Wildman–Crippen MR) is 53.7 cm³/mol. The van der Waals surface area contributed by atoms with Crippen LogP contribution < -0.4 is 10.6 Å². The van der Waals surface area contributed by atoms with E-state index in [2.05, 4.69) is 10.2 Å². The van der Waals surface area contributed by atoms with Gasteiger partial charge in [-0.3, -0.25) is 0 Å². The van der Waals surface area contributed by atoms with Gasteiger partial charge >= 0.3 is 0 Å². The number of nitrogens with zero attached hydrogens (tertiary/aromatic N) is 3. The van der Waals surface area contributed by atoms with E-state index in [0.717, 1.165) is 17.9 Å². The predicted octanol–water partition coefficient (Wildman–Crippen LogP) is 0.568. The zero-order chi connectivity index (χ0) is 9.84. The Morgan fingerprint density at radius 1 is 1.62 bits per heavy atom. The third kappa shape index (κ3) is 2.99. The van der Waals surface area contributed by atoms with Crippen molar-refractivity contribution in [2.75, 3.05) is 18.5 Å². The Morgan fingerprint density at radius 2 is 2.31 bits per heavy atom. The van der Waals surface area contributed by atoms with Crippen molar-refractivity contribution in [1.82, 2.24) is 10.2 Å². The smallest absolute Gasteiger partial charge is 0.151 e. The summed E-state index contributed by atoms with van der Waals surface area (Å²) in [6.07, 6.45) is 1.74. The molecule has 0 saturated heterocycles. The van der Waals surface area contributed by atoms with Gasteiger partial charge in [-0.25, -0.2) is 0 Å². The molecule has 1 heterocycles. The first kappa shape index (κ1) is 9.92. The summed E-state index contributed by atoms with van der Waals surface area (Å²) in [5.74, 6) is 0.873. The first-order valence-electron chi connectivity index (χ1n) is 4.35. The van der Waals surface area contributed by atoms with Crippen molar-refractivity contribution in [3.8, 4) is 0 Å². The third-order valence-electron chi connectivity index (χ3n) is 1.73. The van der Waals surface area contributed by atoms with E-state index in [-0.39, 0.29) is 6.04 Å². The van der Waals surface area contributed by atoms with Crippen LogP contribution in [0, 0.1) is 6.92 Å². The Morgan fingerprint density at radius 3 is 2.85 bits per heavy atom. The maximum absolute atomic E-state index is 5.68. The normalized spacial score (nSPS) is 12.6. The topological polar surface area (TPSA) is 55.0 Å². The molecule has 0 spiro atoms. The molecule has 2 N–H and O–H groups in total. The molecule has 1 unspecified atom stereocenters. The van der Waals surface area contributed by atoms with Gasteiger partial charge in [-0.05, 0) is 25.5 Å². The third-order valence-corrected chi connectivity index (χ3v) is 1.73. The summed E-state index contributed by atoms with van der Waals surface area (Å²) in [7, 11) is 1.97. The monoisotopic (exact) mass is 180 g/mol. The van der Waals surface area contributed by atoms with Gasteiger partial charge in [-0.15, -0.1) is 5.10 Å². The van der Waals surface area contributed by atoms with Crippen LogP contribution >= 0.6 is 0 Å². The van der Waals surface area contributed by atoms with Crippen LogP contribution in [0.3, 0.4) is 0 Å². The van der Waals surface area contributed by atoms with Crippen LogP contribution in [-0.4, -0.2) is 29.8 Å². The van der Waals surface area contributed by atoms with Gasteiger partial charge in [0, 0.05) is 19.6 Å². The average Bonchev–Trinajstić information content (AvgIpc) is 2.03. The molecular weight excluding hydrogens is 164 g/mol. The van der Waals surface area contributed by atoms with Crippen LogP contribution in [0.5, 0.6) is 0 Å². The molecule has 1 rings (SSSR count). The van der Waals surface area contributed by atoms with Crippen molar-refractivity contribution in [2.45, 2.75) is 19.9 Å². The number of hydrogen-bond acceptors (Lipinski definition) is 4. The van der Waals surface area contributed by atoms with Gasteiger partial charge < -0.3 is 10.6 Å². The fourth-order valence-corrected chi connectivity index (χ4v) is 1.16. The van der Waals surface area contributed by atoms with E-state index in [1.54, 1.807) is 6.20 Å². The highest BCUT2D eigenvalue weighted by Crippen LogP contribution is 2.08. The van der Waals surface area contributed by atoms with Gasteiger partial charge in [-0.2, -0.15) is 5.10 Å². The second kappa shape index (κ2) is 4.18. The zero-order valence-corrected chi connectivity index (χ0v) is 8.36. The minimum atomic E-state index is 0.146. The summed E-state index contributed by atoms with van der Waals surface area (Å²) in [4.78, 5) is 2.00. The molecule has 0 aliphatic rings. The summed E-state index contributed by atoms with van der Waals surface area (Å²) in [6.45, 7) is 4.76. The standard InChI is InChI=1S/C9H16N4/c1-7-4-9(12-11-5-7)13(3)6-8(2)10/h4-5,8H,6,10H2,1-3H3. The van der Waals surface area contributed by atoms with Crippen molar-refractivity contribution in [2.24, 2.45) is 5.73 Å². The number of likely N-dealkylation sites (N-methyl/N-ethyl adjacent to an activating group) is 1. The fourth-order valence-electron chi connectivity index (χ4n) is 1.16. The summed E-state index contributed by atoms with van der Waals surface area (Å²) in [5, 5.41) is 7.89. The summed E-state index contributed by atoms with van der Waals surface area (Å²) >= 11 is 0. The molecule has 0 aliphatic carbocycles. The van der Waals surface area contributed by atoms with Gasteiger partial charge in [0.2, 0.25) is 0 Å². The van der Waals surface area contributed by atoms with Crippen molar-refractivity contribution >= 4 is 5.82 Å². The lowest BCUT2D eigenvalue weighted by molar-refractivity contribution is 0.707. The Hall–Kier alpha value is -1.16. The molecule has 0 aromatic carbocycles. The van der Waals surface area contributed by atoms with Crippen molar-refractivity contribution in [3.63, 3.8) is 0 Å². The quantitative estimate of drug-likeness (QED) is 0.738. The summed E-state index contributed by atoms with van der Waals surface area (Å²) in [6, 6.07) is 2.14. The van der Waals surface area contributed by atoms with Gasteiger partial charge in [0.15, 0.2) is 5.82 Å². The minimum absolute atomic E-state index is 0.146. The lowest BCUT2D eigenvalue weighted by Gasteiger charge is -2.19. The summed E-state index contributed by atoms with van der Waals surface area (Å²) < 4.78 is 0. The van der Waals surface area contributed by atoms with Crippen LogP contribution in [0.25, 0.3) is 0 Å². The number of aromatic nitrogens is 2. The zero-order valence-electron chi connectivity index (χ0n) is 8.36. The lowest BCUT2D eigenvalue weighted by Crippen LogP contribution is -2.33. The van der Waals surface area contributed by atoms with Crippen LogP contribution in [0.1, 0.15) is 12.5 Å². The Labute approximate surface area is 78.8 Å². The molecular formula is C9H16N4. The molecule has 0 radical (unpaired) electrons. The van der Waals surface area contributed by atoms with E-state index in [1.165, 1.54) is 0 Å². The van der Waals surface area contributed by atoms with E-state index in [1.807, 2.05) is 31.9 Å². The van der Waals surface area contributed by atoms with Gasteiger partial charge in [0.1, 0.15) is 0 Å². The molecule has 0 fully saturated rings. The first-order valence-corrected chi connectivity index (χ1v) is 4.35. The van der Waals surface area contributed by atoms with Gasteiger partial charge in [0.25, 0.3) is 0 Å². The molecule has 72 valence electrons. The molecule has 0 amide bonds. The Kier molecular flexibility index (Phi) is 3.19. The molecule has 4 nitrogen and oxygen atoms in total. The van der Waals surface area contributed by atoms with E-state index >= 15 is 0 Å². The van der Waals surface area contributed by atoms with Gasteiger partial charge in [-0.1, -0.05) is 0 Å². The molecule has 0 saturated carbocycles. The van der Waals surface area contributed by atoms with E-state index in [4.69, 9.17) is 5.73 Å². The van der Waals surface area contributed by atoms with Crippen molar-refractivity contribution < 1.29 is 0 Å². The largest absolute Gasteiger partial charge is 0.357 e. The molecule has 4 heteroatoms. The molecule has 13 heavy (non-hydrogen) atoms. The molecule has 0 aliphatic heterocycles. The van der Waals surface area contributed by atoms with E-state index in [9.17, 15) is 0 Å². The second-order valence-corrected chi connectivity index (χ2v) is 3.45. The number of hydrogen-bond donors (Lipinski definition) is 1. The van der Waals surface area contributed by atoms with Gasteiger partial charge in [0.05, 0.1) is 6.20 Å². The molecule has 1 atom stereocenters. The van der Waals surface area contributed by atoms with Crippen LogP contribution in [0.4, 0.5) is 5.82 Å². The Bertz CT molecular complexity index is 272. The SMILES string of the molecule is Cc1cnnc(N(C)CC(C)N)c1.